The molecular weight excluding hydrogens is 260 g/mol. The Morgan fingerprint density at radius 3 is 3.20 bits per heavy atom. The predicted octanol–water partition coefficient (Wildman–Crippen LogP) is 0.632. The number of aliphatic hydroxyl groups is 1. The van der Waals surface area contributed by atoms with Crippen molar-refractivity contribution in [1.29, 1.82) is 0 Å². The van der Waals surface area contributed by atoms with Crippen LogP contribution in [0.25, 0.3) is 0 Å². The lowest BCUT2D eigenvalue weighted by Crippen LogP contribution is -2.26. The second-order valence-electron chi connectivity index (χ2n) is 5.29. The molecule has 0 aromatic carbocycles. The molecule has 1 saturated heterocycles. The van der Waals surface area contributed by atoms with E-state index in [1.54, 1.807) is 0 Å². The first-order valence-corrected chi connectivity index (χ1v) is 7.16. The van der Waals surface area contributed by atoms with Gasteiger partial charge in [-0.25, -0.2) is 0 Å². The van der Waals surface area contributed by atoms with Gasteiger partial charge in [0, 0.05) is 13.2 Å². The van der Waals surface area contributed by atoms with Gasteiger partial charge in [0.25, 0.3) is 11.7 Å². The van der Waals surface area contributed by atoms with Crippen molar-refractivity contribution < 1.29 is 14.4 Å². The standard InChI is InChI=1S/C13H22N4O3/c1-9(8-18)4-2-7-15-12(19)11-16-13(20-17-11)10-5-3-6-14-10/h9-10,14,18H,2-8H2,1H3,(H,15,19). The molecule has 1 aliphatic rings. The van der Waals surface area contributed by atoms with Crippen LogP contribution in [0, 0.1) is 5.92 Å². The monoisotopic (exact) mass is 282 g/mol. The van der Waals surface area contributed by atoms with Crippen molar-refractivity contribution >= 4 is 5.91 Å². The van der Waals surface area contributed by atoms with Gasteiger partial charge in [-0.1, -0.05) is 12.1 Å². The van der Waals surface area contributed by atoms with Crippen molar-refractivity contribution in [3.05, 3.63) is 11.7 Å². The molecule has 2 unspecified atom stereocenters. The minimum absolute atomic E-state index is 0.0782. The summed E-state index contributed by atoms with van der Waals surface area (Å²) in [6.07, 6.45) is 3.74. The highest BCUT2D eigenvalue weighted by molar-refractivity contribution is 5.90. The van der Waals surface area contributed by atoms with Crippen LogP contribution in [0.5, 0.6) is 0 Å². The van der Waals surface area contributed by atoms with Gasteiger partial charge in [-0.3, -0.25) is 4.79 Å². The Kier molecular flexibility index (Phi) is 5.49. The Hall–Kier alpha value is -1.47. The SMILES string of the molecule is CC(CO)CCCNC(=O)c1noc(C2CCCN2)n1. The van der Waals surface area contributed by atoms with Crippen LogP contribution < -0.4 is 10.6 Å². The number of aliphatic hydroxyl groups excluding tert-OH is 1. The van der Waals surface area contributed by atoms with E-state index >= 15 is 0 Å². The van der Waals surface area contributed by atoms with Gasteiger partial charge >= 0.3 is 0 Å². The molecule has 0 aliphatic carbocycles. The minimum Gasteiger partial charge on any atom is -0.396 e. The molecule has 3 N–H and O–H groups in total. The molecule has 0 radical (unpaired) electrons. The first-order chi connectivity index (χ1) is 9.70. The third-order valence-electron chi connectivity index (χ3n) is 3.47. The van der Waals surface area contributed by atoms with Crippen molar-refractivity contribution in [2.24, 2.45) is 5.92 Å². The Labute approximate surface area is 118 Å². The lowest BCUT2D eigenvalue weighted by Gasteiger charge is -2.07. The van der Waals surface area contributed by atoms with E-state index in [-0.39, 0.29) is 30.3 Å². The fraction of sp³-hybridized carbons (Fsp3) is 0.769. The second kappa shape index (κ2) is 7.35. The average molecular weight is 282 g/mol. The van der Waals surface area contributed by atoms with Gasteiger partial charge in [-0.05, 0) is 38.1 Å². The number of aromatic nitrogens is 2. The third kappa shape index (κ3) is 4.01. The summed E-state index contributed by atoms with van der Waals surface area (Å²) in [6.45, 7) is 3.64. The van der Waals surface area contributed by atoms with Gasteiger partial charge < -0.3 is 20.3 Å². The number of carbonyl (C=O) groups excluding carboxylic acids is 1. The first kappa shape index (κ1) is 14.9. The van der Waals surface area contributed by atoms with Crippen molar-refractivity contribution in [2.45, 2.75) is 38.6 Å². The van der Waals surface area contributed by atoms with Crippen molar-refractivity contribution in [3.8, 4) is 0 Å². The molecule has 2 atom stereocenters. The molecule has 1 aromatic rings. The van der Waals surface area contributed by atoms with E-state index < -0.39 is 0 Å². The van der Waals surface area contributed by atoms with Crippen LogP contribution >= 0.6 is 0 Å². The van der Waals surface area contributed by atoms with E-state index in [2.05, 4.69) is 20.8 Å². The maximum atomic E-state index is 11.8. The quantitative estimate of drug-likeness (QED) is 0.634. The van der Waals surface area contributed by atoms with Gasteiger partial charge in [0.2, 0.25) is 5.89 Å². The number of amides is 1. The molecule has 2 heterocycles. The van der Waals surface area contributed by atoms with Crippen LogP contribution in [-0.2, 0) is 0 Å². The molecule has 1 fully saturated rings. The maximum Gasteiger partial charge on any atom is 0.292 e. The van der Waals surface area contributed by atoms with Gasteiger partial charge in [-0.2, -0.15) is 4.98 Å². The van der Waals surface area contributed by atoms with E-state index in [1.165, 1.54) is 0 Å². The highest BCUT2D eigenvalue weighted by Gasteiger charge is 2.24. The molecule has 0 bridgehead atoms. The summed E-state index contributed by atoms with van der Waals surface area (Å²) in [7, 11) is 0. The van der Waals surface area contributed by atoms with Gasteiger partial charge in [0.05, 0.1) is 6.04 Å². The van der Waals surface area contributed by atoms with Crippen LogP contribution in [0.15, 0.2) is 4.52 Å². The van der Waals surface area contributed by atoms with Gasteiger partial charge in [0.15, 0.2) is 0 Å². The zero-order valence-electron chi connectivity index (χ0n) is 11.8. The van der Waals surface area contributed by atoms with Gasteiger partial charge in [-0.15, -0.1) is 0 Å². The van der Waals surface area contributed by atoms with Crippen LogP contribution in [0.1, 0.15) is 55.2 Å². The Morgan fingerprint density at radius 2 is 2.50 bits per heavy atom. The van der Waals surface area contributed by atoms with Crippen LogP contribution in [0.4, 0.5) is 0 Å². The fourth-order valence-electron chi connectivity index (χ4n) is 2.19. The summed E-state index contributed by atoms with van der Waals surface area (Å²) < 4.78 is 5.11. The Bertz CT molecular complexity index is 429. The predicted molar refractivity (Wildman–Crippen MR) is 72.1 cm³/mol. The van der Waals surface area contributed by atoms with Crippen molar-refractivity contribution in [2.75, 3.05) is 19.7 Å². The topological polar surface area (TPSA) is 100 Å². The van der Waals surface area contributed by atoms with Crippen LogP contribution in [-0.4, -0.2) is 40.9 Å². The summed E-state index contributed by atoms with van der Waals surface area (Å²) in [4.78, 5) is 16.0. The smallest absolute Gasteiger partial charge is 0.292 e. The van der Waals surface area contributed by atoms with E-state index in [0.29, 0.717) is 12.4 Å². The minimum atomic E-state index is -0.311. The Balaban J connectivity index is 1.75. The van der Waals surface area contributed by atoms with Gasteiger partial charge in [0.1, 0.15) is 0 Å². The molecule has 7 heteroatoms. The molecule has 1 aromatic heterocycles. The molecule has 0 spiro atoms. The molecule has 0 saturated carbocycles. The van der Waals surface area contributed by atoms with Crippen molar-refractivity contribution in [3.63, 3.8) is 0 Å². The van der Waals surface area contributed by atoms with E-state index in [9.17, 15) is 4.79 Å². The number of nitrogens with zero attached hydrogens (tertiary/aromatic N) is 2. The maximum absolute atomic E-state index is 11.8. The second-order valence-corrected chi connectivity index (χ2v) is 5.29. The van der Waals surface area contributed by atoms with Crippen LogP contribution in [0.2, 0.25) is 0 Å². The zero-order chi connectivity index (χ0) is 14.4. The Morgan fingerprint density at radius 1 is 1.65 bits per heavy atom. The fourth-order valence-corrected chi connectivity index (χ4v) is 2.19. The normalized spacial score (nSPS) is 20.0. The largest absolute Gasteiger partial charge is 0.396 e. The van der Waals surface area contributed by atoms with Crippen molar-refractivity contribution in [1.82, 2.24) is 20.8 Å². The number of rotatable bonds is 7. The zero-order valence-corrected chi connectivity index (χ0v) is 11.8. The highest BCUT2D eigenvalue weighted by Crippen LogP contribution is 2.20. The molecule has 112 valence electrons. The molecule has 7 nitrogen and oxygen atoms in total. The molecule has 2 rings (SSSR count). The number of carbonyl (C=O) groups is 1. The van der Waals surface area contributed by atoms with E-state index in [1.807, 2.05) is 6.92 Å². The molecular formula is C13H22N4O3. The van der Waals surface area contributed by atoms with Crippen LogP contribution in [0.3, 0.4) is 0 Å². The number of hydrogen-bond donors (Lipinski definition) is 3. The van der Waals surface area contributed by atoms with E-state index in [4.69, 9.17) is 9.63 Å². The molecule has 1 aliphatic heterocycles. The first-order valence-electron chi connectivity index (χ1n) is 7.16. The molecule has 1 amide bonds. The summed E-state index contributed by atoms with van der Waals surface area (Å²) in [5.41, 5.74) is 0. The molecule has 20 heavy (non-hydrogen) atoms. The number of hydrogen-bond acceptors (Lipinski definition) is 6. The number of nitrogens with one attached hydrogen (secondary N) is 2. The highest BCUT2D eigenvalue weighted by atomic mass is 16.5. The average Bonchev–Trinajstić information content (AvgIpc) is 3.12. The summed E-state index contributed by atoms with van der Waals surface area (Å²) in [5.74, 6) is 0.525. The summed E-state index contributed by atoms with van der Waals surface area (Å²) >= 11 is 0. The summed E-state index contributed by atoms with van der Waals surface area (Å²) in [5, 5.41) is 18.6. The third-order valence-corrected chi connectivity index (χ3v) is 3.47. The lowest BCUT2D eigenvalue weighted by molar-refractivity contribution is 0.0938. The lowest BCUT2D eigenvalue weighted by atomic mass is 10.1. The van der Waals surface area contributed by atoms with E-state index in [0.717, 1.165) is 32.2 Å². The summed E-state index contributed by atoms with van der Waals surface area (Å²) in [6, 6.07) is 0.0782.